The molecule has 2 atom stereocenters. The maximum absolute atomic E-state index is 11.6. The first kappa shape index (κ1) is 9.58. The van der Waals surface area contributed by atoms with Gasteiger partial charge in [-0.15, -0.1) is 0 Å². The number of rotatable bonds is 1. The molecule has 0 aliphatic heterocycles. The zero-order chi connectivity index (χ0) is 11.3. The smallest absolute Gasteiger partial charge is 0.337 e. The van der Waals surface area contributed by atoms with Gasteiger partial charge in [0.1, 0.15) is 5.78 Å². The van der Waals surface area contributed by atoms with Crippen molar-refractivity contribution >= 4 is 11.8 Å². The molecule has 1 aromatic carbocycles. The number of esters is 1. The summed E-state index contributed by atoms with van der Waals surface area (Å²) in [5.41, 5.74) is 2.88. The van der Waals surface area contributed by atoms with Crippen LogP contribution in [-0.2, 0) is 9.53 Å². The standard InChI is InChI=1S/C13H12O3/c1-16-13(15)7-2-3-9-10(4-7)8-5-11(9)12(14)6-8/h2-4,8,11H,5-6H2,1H3. The van der Waals surface area contributed by atoms with Crippen molar-refractivity contribution in [1.29, 1.82) is 0 Å². The van der Waals surface area contributed by atoms with Gasteiger partial charge in [0.25, 0.3) is 0 Å². The number of hydrogen-bond donors (Lipinski definition) is 0. The van der Waals surface area contributed by atoms with Crippen LogP contribution < -0.4 is 0 Å². The molecular weight excluding hydrogens is 204 g/mol. The molecule has 0 N–H and O–H groups in total. The molecule has 2 aliphatic carbocycles. The lowest BCUT2D eigenvalue weighted by Gasteiger charge is -2.14. The van der Waals surface area contributed by atoms with E-state index in [-0.39, 0.29) is 11.9 Å². The van der Waals surface area contributed by atoms with Crippen LogP contribution in [-0.4, -0.2) is 18.9 Å². The van der Waals surface area contributed by atoms with Gasteiger partial charge in [0.05, 0.1) is 12.7 Å². The highest BCUT2D eigenvalue weighted by molar-refractivity contribution is 5.94. The lowest BCUT2D eigenvalue weighted by Crippen LogP contribution is -2.10. The Hall–Kier alpha value is -1.64. The minimum absolute atomic E-state index is 0.0895. The van der Waals surface area contributed by atoms with Gasteiger partial charge in [-0.3, -0.25) is 4.79 Å². The fourth-order valence-electron chi connectivity index (χ4n) is 2.91. The third kappa shape index (κ3) is 1.14. The van der Waals surface area contributed by atoms with Crippen molar-refractivity contribution in [2.24, 2.45) is 0 Å². The highest BCUT2D eigenvalue weighted by Gasteiger charge is 2.42. The minimum atomic E-state index is -0.308. The summed E-state index contributed by atoms with van der Waals surface area (Å²) in [7, 11) is 1.38. The van der Waals surface area contributed by atoms with Gasteiger partial charge in [-0.25, -0.2) is 4.79 Å². The van der Waals surface area contributed by atoms with Crippen LogP contribution in [0.15, 0.2) is 18.2 Å². The van der Waals surface area contributed by atoms with Gasteiger partial charge in [0.15, 0.2) is 0 Å². The molecule has 16 heavy (non-hydrogen) atoms. The number of carbonyl (C=O) groups is 2. The molecular formula is C13H12O3. The second-order valence-electron chi connectivity index (χ2n) is 4.49. The molecule has 3 rings (SSSR count). The van der Waals surface area contributed by atoms with Gasteiger partial charge < -0.3 is 4.74 Å². The third-order valence-corrected chi connectivity index (χ3v) is 3.68. The number of ketones is 1. The molecule has 0 spiro atoms. The lowest BCUT2D eigenvalue weighted by atomic mass is 9.89. The second kappa shape index (κ2) is 3.17. The van der Waals surface area contributed by atoms with Crippen LogP contribution in [0.25, 0.3) is 0 Å². The molecule has 0 radical (unpaired) electrons. The van der Waals surface area contributed by atoms with E-state index >= 15 is 0 Å². The largest absolute Gasteiger partial charge is 0.465 e. The predicted octanol–water partition coefficient (Wildman–Crippen LogP) is 2.02. The first-order valence-corrected chi connectivity index (χ1v) is 5.45. The fourth-order valence-corrected chi connectivity index (χ4v) is 2.91. The van der Waals surface area contributed by atoms with Crippen LogP contribution in [0.5, 0.6) is 0 Å². The quantitative estimate of drug-likeness (QED) is 0.674. The number of hydrogen-bond acceptors (Lipinski definition) is 3. The third-order valence-electron chi connectivity index (χ3n) is 3.68. The van der Waals surface area contributed by atoms with Crippen molar-refractivity contribution in [3.63, 3.8) is 0 Å². The van der Waals surface area contributed by atoms with Crippen LogP contribution in [0.3, 0.4) is 0 Å². The minimum Gasteiger partial charge on any atom is -0.465 e. The number of ether oxygens (including phenoxy) is 1. The maximum atomic E-state index is 11.6. The van der Waals surface area contributed by atoms with E-state index in [9.17, 15) is 9.59 Å². The maximum Gasteiger partial charge on any atom is 0.337 e. The van der Waals surface area contributed by atoms with Gasteiger partial charge in [0.2, 0.25) is 0 Å². The molecule has 2 unspecified atom stereocenters. The Morgan fingerprint density at radius 1 is 1.38 bits per heavy atom. The number of carbonyl (C=O) groups excluding carboxylic acids is 2. The highest BCUT2D eigenvalue weighted by Crippen LogP contribution is 2.51. The molecule has 0 saturated heterocycles. The van der Waals surface area contributed by atoms with Crippen LogP contribution in [0.1, 0.15) is 46.2 Å². The van der Waals surface area contributed by atoms with Crippen molar-refractivity contribution in [1.82, 2.24) is 0 Å². The summed E-state index contributed by atoms with van der Waals surface area (Å²) in [5, 5.41) is 0. The van der Waals surface area contributed by atoms with E-state index in [1.807, 2.05) is 12.1 Å². The molecule has 0 amide bonds. The predicted molar refractivity (Wildman–Crippen MR) is 57.5 cm³/mol. The Balaban J connectivity index is 2.06. The number of benzene rings is 1. The molecule has 3 heteroatoms. The summed E-state index contributed by atoms with van der Waals surface area (Å²) in [6.07, 6.45) is 1.57. The van der Waals surface area contributed by atoms with Crippen molar-refractivity contribution < 1.29 is 14.3 Å². The number of methoxy groups -OCH3 is 1. The zero-order valence-electron chi connectivity index (χ0n) is 9.03. The lowest BCUT2D eigenvalue weighted by molar-refractivity contribution is -0.118. The molecule has 1 saturated carbocycles. The Kier molecular flexibility index (Phi) is 1.90. The SMILES string of the molecule is COC(=O)c1ccc2c(c1)C1CC(=O)C2C1. The summed E-state index contributed by atoms with van der Waals surface area (Å²) in [5.74, 6) is 0.462. The fraction of sp³-hybridized carbons (Fsp3) is 0.385. The van der Waals surface area contributed by atoms with Crippen molar-refractivity contribution in [2.45, 2.75) is 24.7 Å². The summed E-state index contributed by atoms with van der Waals surface area (Å²) in [6.45, 7) is 0. The summed E-state index contributed by atoms with van der Waals surface area (Å²) < 4.78 is 4.69. The summed E-state index contributed by atoms with van der Waals surface area (Å²) >= 11 is 0. The van der Waals surface area contributed by atoms with Crippen molar-refractivity contribution in [2.75, 3.05) is 7.11 Å². The molecule has 82 valence electrons. The van der Waals surface area contributed by atoms with E-state index in [2.05, 4.69) is 0 Å². The average Bonchev–Trinajstić information content (AvgIpc) is 2.85. The molecule has 2 aliphatic rings. The Labute approximate surface area is 93.4 Å². The van der Waals surface area contributed by atoms with E-state index in [0.717, 1.165) is 12.0 Å². The second-order valence-corrected chi connectivity index (χ2v) is 4.49. The van der Waals surface area contributed by atoms with Crippen LogP contribution in [0.4, 0.5) is 0 Å². The van der Waals surface area contributed by atoms with Gasteiger partial charge >= 0.3 is 5.97 Å². The van der Waals surface area contributed by atoms with E-state index < -0.39 is 0 Å². The van der Waals surface area contributed by atoms with Gasteiger partial charge in [-0.05, 0) is 35.6 Å². The average molecular weight is 216 g/mol. The molecule has 1 aromatic rings. The van der Waals surface area contributed by atoms with E-state index in [4.69, 9.17) is 4.74 Å². The van der Waals surface area contributed by atoms with Gasteiger partial charge in [-0.2, -0.15) is 0 Å². The number of fused-ring (bicyclic) bond motifs is 5. The normalized spacial score (nSPS) is 25.7. The van der Waals surface area contributed by atoms with Crippen LogP contribution >= 0.6 is 0 Å². The van der Waals surface area contributed by atoms with Gasteiger partial charge in [0, 0.05) is 12.3 Å². The van der Waals surface area contributed by atoms with E-state index in [0.29, 0.717) is 23.7 Å². The monoisotopic (exact) mass is 216 g/mol. The van der Waals surface area contributed by atoms with Crippen molar-refractivity contribution in [3.8, 4) is 0 Å². The molecule has 0 aromatic heterocycles. The Morgan fingerprint density at radius 3 is 2.94 bits per heavy atom. The Morgan fingerprint density at radius 2 is 2.19 bits per heavy atom. The first-order chi connectivity index (χ1) is 7.70. The zero-order valence-corrected chi connectivity index (χ0v) is 9.03. The summed E-state index contributed by atoms with van der Waals surface area (Å²) in [6, 6.07) is 5.54. The topological polar surface area (TPSA) is 43.4 Å². The molecule has 2 bridgehead atoms. The van der Waals surface area contributed by atoms with E-state index in [1.54, 1.807) is 6.07 Å². The first-order valence-electron chi connectivity index (χ1n) is 5.45. The highest BCUT2D eigenvalue weighted by atomic mass is 16.5. The van der Waals surface area contributed by atoms with Crippen LogP contribution in [0, 0.1) is 0 Å². The van der Waals surface area contributed by atoms with Crippen molar-refractivity contribution in [3.05, 3.63) is 34.9 Å². The number of Topliss-reactive ketones (excluding diaryl/α,β-unsaturated/α-hetero) is 1. The molecule has 3 nitrogen and oxygen atoms in total. The Bertz CT molecular complexity index is 490. The molecule has 0 heterocycles. The van der Waals surface area contributed by atoms with Gasteiger partial charge in [-0.1, -0.05) is 6.07 Å². The van der Waals surface area contributed by atoms with Crippen LogP contribution in [0.2, 0.25) is 0 Å². The summed E-state index contributed by atoms with van der Waals surface area (Å²) in [4.78, 5) is 23.0. The molecule has 1 fully saturated rings. The van der Waals surface area contributed by atoms with E-state index in [1.165, 1.54) is 12.7 Å².